The number of phosphoric ester groups is 1. The van der Waals surface area contributed by atoms with Gasteiger partial charge in [0, 0.05) is 41.3 Å². The molecule has 4 aromatic rings. The van der Waals surface area contributed by atoms with Crippen LogP contribution in [0.4, 0.5) is 0 Å². The second-order valence-corrected chi connectivity index (χ2v) is 12.5. The number of nitrogens with zero attached hydrogens (tertiary/aromatic N) is 2. The summed E-state index contributed by atoms with van der Waals surface area (Å²) < 4.78 is 65.6. The van der Waals surface area contributed by atoms with E-state index in [1.165, 1.54) is 0 Å². The Kier molecular flexibility index (Phi) is 8.87. The van der Waals surface area contributed by atoms with Crippen LogP contribution < -0.4 is 4.74 Å². The lowest BCUT2D eigenvalue weighted by Crippen LogP contribution is -2.09. The molecule has 12 nitrogen and oxygen atoms in total. The van der Waals surface area contributed by atoms with Crippen LogP contribution >= 0.6 is 15.4 Å². The van der Waals surface area contributed by atoms with Gasteiger partial charge in [0.1, 0.15) is 11.5 Å². The highest BCUT2D eigenvalue weighted by Crippen LogP contribution is 2.69. The molecule has 0 spiro atoms. The van der Waals surface area contributed by atoms with Gasteiger partial charge in [-0.1, -0.05) is 0 Å². The molecule has 1 aliphatic rings. The SMILES string of the molecule is CCOP(=O)(OCC)OC(c1cc2ccc(OCCc3nc(-c4ccncc4)oc3C)cc2[nH]1)P1(=O)OCCO1. The van der Waals surface area contributed by atoms with Crippen molar-refractivity contribution in [3.05, 3.63) is 65.9 Å². The number of aromatic nitrogens is 3. The number of aryl methyl sites for hydroxylation is 1. The first-order chi connectivity index (χ1) is 19.3. The maximum absolute atomic E-state index is 13.5. The Morgan fingerprint density at radius 1 is 1.07 bits per heavy atom. The van der Waals surface area contributed by atoms with Gasteiger partial charge in [-0.25, -0.2) is 9.55 Å². The van der Waals surface area contributed by atoms with Crippen LogP contribution in [-0.4, -0.2) is 48.0 Å². The Labute approximate surface area is 231 Å². The molecule has 1 atom stereocenters. The van der Waals surface area contributed by atoms with E-state index in [1.54, 1.807) is 32.3 Å². The van der Waals surface area contributed by atoms with Gasteiger partial charge < -0.3 is 23.2 Å². The third-order valence-electron chi connectivity index (χ3n) is 6.02. The lowest BCUT2D eigenvalue weighted by Gasteiger charge is -2.25. The van der Waals surface area contributed by atoms with Crippen LogP contribution in [-0.2, 0) is 38.2 Å². The zero-order valence-corrected chi connectivity index (χ0v) is 24.2. The molecule has 1 aromatic carbocycles. The van der Waals surface area contributed by atoms with Crippen molar-refractivity contribution in [2.24, 2.45) is 0 Å². The average molecular weight is 591 g/mol. The molecule has 0 saturated carbocycles. The lowest BCUT2D eigenvalue weighted by atomic mass is 10.2. The number of aromatic amines is 1. The number of fused-ring (bicyclic) bond motifs is 1. The third kappa shape index (κ3) is 6.39. The molecule has 14 heteroatoms. The molecule has 0 amide bonds. The summed E-state index contributed by atoms with van der Waals surface area (Å²) in [5, 5.41) is 0.790. The molecule has 1 aliphatic heterocycles. The molecular weight excluding hydrogens is 560 g/mol. The van der Waals surface area contributed by atoms with Gasteiger partial charge in [0.05, 0.1) is 44.4 Å². The van der Waals surface area contributed by atoms with Crippen molar-refractivity contribution in [2.45, 2.75) is 33.0 Å². The van der Waals surface area contributed by atoms with E-state index in [9.17, 15) is 9.13 Å². The second-order valence-electron chi connectivity index (χ2n) is 8.78. The first kappa shape index (κ1) is 28.7. The number of rotatable bonds is 13. The van der Waals surface area contributed by atoms with Crippen molar-refractivity contribution in [2.75, 3.05) is 33.0 Å². The minimum atomic E-state index is -4.05. The summed E-state index contributed by atoms with van der Waals surface area (Å²) in [4.78, 5) is 11.8. The molecule has 1 saturated heterocycles. The standard InChI is InChI=1S/C26H31N3O9P2/c1-4-33-40(31,34-5-2)38-26(39(30)35-14-15-36-39)24-16-20-6-7-21(17-23(20)28-24)32-13-10-22-18(3)37-25(29-22)19-8-11-27-12-9-19/h6-9,11-12,16-17,26,28H,4-5,10,13-15H2,1-3H3. The highest BCUT2D eigenvalue weighted by Gasteiger charge is 2.47. The quantitative estimate of drug-likeness (QED) is 0.168. The molecule has 1 fully saturated rings. The summed E-state index contributed by atoms with van der Waals surface area (Å²) in [6, 6.07) is 10.9. The molecule has 214 valence electrons. The van der Waals surface area contributed by atoms with Crippen LogP contribution in [0.2, 0.25) is 0 Å². The molecule has 1 N–H and O–H groups in total. The van der Waals surface area contributed by atoms with E-state index in [4.69, 9.17) is 31.8 Å². The number of oxazole rings is 1. The molecule has 0 aliphatic carbocycles. The van der Waals surface area contributed by atoms with Crippen LogP contribution in [0.25, 0.3) is 22.4 Å². The maximum atomic E-state index is 13.5. The molecule has 0 bridgehead atoms. The number of H-pyrrole nitrogens is 1. The number of hydrogen-bond acceptors (Lipinski definition) is 11. The largest absolute Gasteiger partial charge is 0.493 e. The molecule has 1 unspecified atom stereocenters. The van der Waals surface area contributed by atoms with E-state index >= 15 is 0 Å². The van der Waals surface area contributed by atoms with Crippen molar-refractivity contribution in [3.63, 3.8) is 0 Å². The van der Waals surface area contributed by atoms with Gasteiger partial charge >= 0.3 is 15.4 Å². The Balaban J connectivity index is 1.32. The summed E-state index contributed by atoms with van der Waals surface area (Å²) in [7, 11) is -7.87. The van der Waals surface area contributed by atoms with Crippen molar-refractivity contribution in [1.82, 2.24) is 15.0 Å². The van der Waals surface area contributed by atoms with Crippen LogP contribution in [0, 0.1) is 6.92 Å². The molecule has 40 heavy (non-hydrogen) atoms. The van der Waals surface area contributed by atoms with Gasteiger partial charge in [-0.2, -0.15) is 0 Å². The molecule has 0 radical (unpaired) electrons. The number of nitrogens with one attached hydrogen (secondary N) is 1. The zero-order valence-electron chi connectivity index (χ0n) is 22.4. The molecular formula is C26H31N3O9P2. The van der Waals surface area contributed by atoms with Crippen molar-refractivity contribution < 1.29 is 40.9 Å². The molecule has 4 heterocycles. The zero-order chi connectivity index (χ0) is 28.2. The first-order valence-corrected chi connectivity index (χ1v) is 16.0. The van der Waals surface area contributed by atoms with E-state index in [-0.39, 0.29) is 26.4 Å². The summed E-state index contributed by atoms with van der Waals surface area (Å²) in [5.41, 5.74) is 2.70. The van der Waals surface area contributed by atoms with Crippen LogP contribution in [0.1, 0.15) is 36.8 Å². The smallest absolute Gasteiger partial charge is 0.476 e. The minimum absolute atomic E-state index is 0.0718. The van der Waals surface area contributed by atoms with Crippen LogP contribution in [0.15, 0.2) is 53.2 Å². The van der Waals surface area contributed by atoms with Gasteiger partial charge in [0.15, 0.2) is 0 Å². The Morgan fingerprint density at radius 2 is 1.80 bits per heavy atom. The molecule has 3 aromatic heterocycles. The number of pyridine rings is 1. The van der Waals surface area contributed by atoms with Gasteiger partial charge in [0.2, 0.25) is 11.7 Å². The monoisotopic (exact) mass is 591 g/mol. The van der Waals surface area contributed by atoms with E-state index in [0.717, 1.165) is 22.4 Å². The minimum Gasteiger partial charge on any atom is -0.493 e. The summed E-state index contributed by atoms with van der Waals surface area (Å²) in [5.74, 6) is 0.539. The topological polar surface area (TPSA) is 144 Å². The normalized spacial score (nSPS) is 16.0. The fourth-order valence-electron chi connectivity index (χ4n) is 4.22. The number of hydrogen-bond donors (Lipinski definition) is 1. The fraction of sp³-hybridized carbons (Fsp3) is 0.385. The average Bonchev–Trinajstić information content (AvgIpc) is 3.67. The fourth-order valence-corrected chi connectivity index (χ4v) is 7.70. The van der Waals surface area contributed by atoms with Gasteiger partial charge in [-0.05, 0) is 51.1 Å². The van der Waals surface area contributed by atoms with Crippen LogP contribution in [0.3, 0.4) is 0 Å². The Bertz CT molecular complexity index is 1520. The van der Waals surface area contributed by atoms with Crippen molar-refractivity contribution in [3.8, 4) is 17.2 Å². The lowest BCUT2D eigenvalue weighted by molar-refractivity contribution is 0.0983. The summed E-state index contributed by atoms with van der Waals surface area (Å²) >= 11 is 0. The predicted octanol–water partition coefficient (Wildman–Crippen LogP) is 6.58. The first-order valence-electron chi connectivity index (χ1n) is 12.9. The van der Waals surface area contributed by atoms with E-state index < -0.39 is 21.3 Å². The Morgan fingerprint density at radius 3 is 2.50 bits per heavy atom. The second kappa shape index (κ2) is 12.4. The Hall–Kier alpha value is -2.82. The number of benzene rings is 1. The molecule has 5 rings (SSSR count). The van der Waals surface area contributed by atoms with Crippen molar-refractivity contribution >= 4 is 26.3 Å². The van der Waals surface area contributed by atoms with Gasteiger partial charge in [-0.15, -0.1) is 0 Å². The predicted molar refractivity (Wildman–Crippen MR) is 146 cm³/mol. The van der Waals surface area contributed by atoms with Crippen LogP contribution in [0.5, 0.6) is 5.75 Å². The van der Waals surface area contributed by atoms with E-state index in [2.05, 4.69) is 15.0 Å². The number of phosphoric acid groups is 1. The maximum Gasteiger partial charge on any atom is 0.476 e. The highest BCUT2D eigenvalue weighted by molar-refractivity contribution is 7.55. The van der Waals surface area contributed by atoms with Gasteiger partial charge in [0.25, 0.3) is 0 Å². The van der Waals surface area contributed by atoms with E-state index in [1.807, 2.05) is 37.3 Å². The summed E-state index contributed by atoms with van der Waals surface area (Å²) in [6.07, 6.45) is 3.93. The van der Waals surface area contributed by atoms with Gasteiger partial charge in [-0.3, -0.25) is 23.1 Å². The van der Waals surface area contributed by atoms with E-state index in [0.29, 0.717) is 35.9 Å². The highest BCUT2D eigenvalue weighted by atomic mass is 31.2. The number of ether oxygens (including phenoxy) is 1. The third-order valence-corrected chi connectivity index (χ3v) is 9.85. The van der Waals surface area contributed by atoms with Crippen molar-refractivity contribution in [1.29, 1.82) is 0 Å². The summed E-state index contributed by atoms with van der Waals surface area (Å²) in [6.45, 7) is 5.95.